The number of rotatable bonds is 6. The molecule has 0 spiro atoms. The van der Waals surface area contributed by atoms with Gasteiger partial charge in [0.05, 0.1) is 0 Å². The maximum atomic E-state index is 3.75. The van der Waals surface area contributed by atoms with Crippen molar-refractivity contribution in [1.82, 2.24) is 5.32 Å². The Kier molecular flexibility index (Phi) is 4.81. The Morgan fingerprint density at radius 1 is 1.16 bits per heavy atom. The lowest BCUT2D eigenvalue weighted by molar-refractivity contribution is 0.776. The molecule has 0 heterocycles. The van der Waals surface area contributed by atoms with Gasteiger partial charge in [0.1, 0.15) is 0 Å². The van der Waals surface area contributed by atoms with E-state index < -0.39 is 0 Å². The van der Waals surface area contributed by atoms with Crippen LogP contribution in [-0.2, 0) is 0 Å². The summed E-state index contributed by atoms with van der Waals surface area (Å²) >= 11 is 0. The molecule has 0 aromatic heterocycles. The van der Waals surface area contributed by atoms with Gasteiger partial charge in [-0.2, -0.15) is 0 Å². The first-order valence-electron chi connectivity index (χ1n) is 7.45. The highest BCUT2D eigenvalue weighted by molar-refractivity contribution is 7.21. The first kappa shape index (κ1) is 14.8. The average Bonchev–Trinajstić information content (AvgIpc) is 3.19. The molecule has 1 aromatic rings. The predicted octanol–water partition coefficient (Wildman–Crippen LogP) is 4.55. The molecular weight excluding hydrogens is 249 g/mol. The largest absolute Gasteiger partial charge is 0.285 e. The van der Waals surface area contributed by atoms with Crippen molar-refractivity contribution in [2.75, 3.05) is 6.54 Å². The van der Waals surface area contributed by atoms with E-state index in [-0.39, 0.29) is 0 Å². The molecule has 1 aliphatic rings. The van der Waals surface area contributed by atoms with E-state index in [4.69, 9.17) is 0 Å². The molecule has 0 bridgehead atoms. The fourth-order valence-corrected chi connectivity index (χ4v) is 2.68. The fourth-order valence-electron chi connectivity index (χ4n) is 2.43. The van der Waals surface area contributed by atoms with E-state index >= 15 is 0 Å². The van der Waals surface area contributed by atoms with Crippen LogP contribution in [0.25, 0.3) is 0 Å². The lowest BCUT2D eigenvalue weighted by Crippen LogP contribution is -2.24. The zero-order chi connectivity index (χ0) is 14.0. The van der Waals surface area contributed by atoms with Gasteiger partial charge < -0.3 is 0 Å². The van der Waals surface area contributed by atoms with Gasteiger partial charge in [0.25, 0.3) is 0 Å². The van der Waals surface area contributed by atoms with Crippen molar-refractivity contribution in [1.29, 1.82) is 0 Å². The van der Waals surface area contributed by atoms with Crippen molar-refractivity contribution in [2.45, 2.75) is 52.4 Å². The summed E-state index contributed by atoms with van der Waals surface area (Å²) in [5, 5.41) is 3.51. The summed E-state index contributed by atoms with van der Waals surface area (Å²) in [6.45, 7) is 10.2. The van der Waals surface area contributed by atoms with Crippen LogP contribution in [0.4, 0.5) is 0 Å². The summed E-state index contributed by atoms with van der Waals surface area (Å²) in [4.78, 5) is 0. The molecule has 1 fully saturated rings. The Labute approximate surface area is 120 Å². The SMILES string of the molecule is CC(C)c1ccc(C(=P)NCC2CC2)cc1C(C)C. The van der Waals surface area contributed by atoms with E-state index in [2.05, 4.69) is 60.1 Å². The maximum absolute atomic E-state index is 3.75. The van der Waals surface area contributed by atoms with E-state index in [0.717, 1.165) is 17.9 Å². The molecule has 1 nitrogen and oxygen atoms in total. The molecule has 1 N–H and O–H groups in total. The second-order valence-corrected chi connectivity index (χ2v) is 6.85. The van der Waals surface area contributed by atoms with Gasteiger partial charge in [0.15, 0.2) is 0 Å². The van der Waals surface area contributed by atoms with Crippen LogP contribution in [0.2, 0.25) is 0 Å². The van der Waals surface area contributed by atoms with Crippen LogP contribution < -0.4 is 5.32 Å². The minimum Gasteiger partial charge on any atom is -0.285 e. The third kappa shape index (κ3) is 3.91. The molecule has 1 aromatic carbocycles. The van der Waals surface area contributed by atoms with E-state index in [1.54, 1.807) is 0 Å². The van der Waals surface area contributed by atoms with Gasteiger partial charge in [0.2, 0.25) is 0 Å². The highest BCUT2D eigenvalue weighted by atomic mass is 31.0. The van der Waals surface area contributed by atoms with Crippen LogP contribution in [0.15, 0.2) is 18.2 Å². The molecule has 0 amide bonds. The van der Waals surface area contributed by atoms with Gasteiger partial charge in [-0.3, -0.25) is 5.32 Å². The third-order valence-electron chi connectivity index (χ3n) is 3.88. The zero-order valence-corrected chi connectivity index (χ0v) is 13.6. The Bertz CT molecular complexity index is 458. The van der Waals surface area contributed by atoms with Crippen molar-refractivity contribution in [3.8, 4) is 0 Å². The first-order valence-corrected chi connectivity index (χ1v) is 7.95. The van der Waals surface area contributed by atoms with Crippen LogP contribution in [-0.4, -0.2) is 12.0 Å². The second-order valence-electron chi connectivity index (χ2n) is 6.35. The highest BCUT2D eigenvalue weighted by Gasteiger charge is 2.21. The number of hydrogen-bond donors (Lipinski definition) is 1. The van der Waals surface area contributed by atoms with E-state index in [0.29, 0.717) is 11.8 Å². The van der Waals surface area contributed by atoms with E-state index in [1.807, 2.05) is 0 Å². The van der Waals surface area contributed by atoms with Crippen molar-refractivity contribution >= 4 is 14.3 Å². The number of benzene rings is 1. The molecule has 2 heteroatoms. The summed E-state index contributed by atoms with van der Waals surface area (Å²) in [5.74, 6) is 2.05. The number of nitrogens with one attached hydrogen (secondary N) is 1. The van der Waals surface area contributed by atoms with Crippen molar-refractivity contribution in [3.05, 3.63) is 34.9 Å². The first-order chi connectivity index (χ1) is 8.99. The molecule has 0 saturated heterocycles. The van der Waals surface area contributed by atoms with Gasteiger partial charge in [-0.15, -0.1) is 8.86 Å². The standard InChI is InChI=1S/C17H26NP/c1-11(2)15-8-7-14(9-16(15)12(3)4)17(19)18-10-13-5-6-13/h7-9,11-13,18-19H,5-6,10H2,1-4H3. The molecule has 0 aliphatic heterocycles. The summed E-state index contributed by atoms with van der Waals surface area (Å²) < 4.78 is 0. The summed E-state index contributed by atoms with van der Waals surface area (Å²) in [6.07, 6.45) is 2.77. The van der Waals surface area contributed by atoms with Gasteiger partial charge in [-0.1, -0.05) is 39.8 Å². The van der Waals surface area contributed by atoms with Gasteiger partial charge in [-0.05, 0) is 53.4 Å². The topological polar surface area (TPSA) is 12.0 Å². The maximum Gasteiger partial charge on any atom is 0.0420 e. The summed E-state index contributed by atoms with van der Waals surface area (Å²) in [5.41, 5.74) is 5.34. The molecule has 1 saturated carbocycles. The average molecular weight is 275 g/mol. The fraction of sp³-hybridized carbons (Fsp3) is 0.588. The normalized spacial score (nSPS) is 15.3. The highest BCUT2D eigenvalue weighted by Crippen LogP contribution is 2.29. The Balaban J connectivity index is 2.16. The lowest BCUT2D eigenvalue weighted by Gasteiger charge is -2.18. The minimum atomic E-state index is 0.570. The third-order valence-corrected chi connectivity index (χ3v) is 4.35. The van der Waals surface area contributed by atoms with Gasteiger partial charge >= 0.3 is 0 Å². The van der Waals surface area contributed by atoms with Crippen LogP contribution in [0, 0.1) is 5.92 Å². The van der Waals surface area contributed by atoms with Crippen LogP contribution in [0.5, 0.6) is 0 Å². The van der Waals surface area contributed by atoms with Crippen molar-refractivity contribution in [2.24, 2.45) is 5.92 Å². The van der Waals surface area contributed by atoms with Crippen LogP contribution in [0.3, 0.4) is 0 Å². The zero-order valence-electron chi connectivity index (χ0n) is 12.6. The Hall–Kier alpha value is -0.650. The molecule has 0 radical (unpaired) electrons. The Morgan fingerprint density at radius 3 is 2.32 bits per heavy atom. The van der Waals surface area contributed by atoms with Crippen LogP contribution in [0.1, 0.15) is 69.1 Å². The van der Waals surface area contributed by atoms with Crippen molar-refractivity contribution in [3.63, 3.8) is 0 Å². The smallest absolute Gasteiger partial charge is 0.0420 e. The molecule has 0 unspecified atom stereocenters. The quantitative estimate of drug-likeness (QED) is 0.751. The summed E-state index contributed by atoms with van der Waals surface area (Å²) in [7, 11) is 3.75. The summed E-state index contributed by atoms with van der Waals surface area (Å²) in [6, 6.07) is 6.85. The van der Waals surface area contributed by atoms with Gasteiger partial charge in [0, 0.05) is 12.0 Å². The molecule has 19 heavy (non-hydrogen) atoms. The van der Waals surface area contributed by atoms with Crippen molar-refractivity contribution < 1.29 is 0 Å². The van der Waals surface area contributed by atoms with Gasteiger partial charge in [-0.25, -0.2) is 0 Å². The monoisotopic (exact) mass is 275 g/mol. The lowest BCUT2D eigenvalue weighted by atomic mass is 9.89. The molecule has 1 aliphatic carbocycles. The van der Waals surface area contributed by atoms with E-state index in [9.17, 15) is 0 Å². The van der Waals surface area contributed by atoms with Crippen LogP contribution >= 0.6 is 8.86 Å². The molecule has 104 valence electrons. The molecule has 0 atom stereocenters. The molecule has 2 rings (SSSR count). The van der Waals surface area contributed by atoms with E-state index in [1.165, 1.54) is 29.5 Å². The predicted molar refractivity (Wildman–Crippen MR) is 87.8 cm³/mol. The minimum absolute atomic E-state index is 0.570. The second kappa shape index (κ2) is 6.20. The Morgan fingerprint density at radius 2 is 1.79 bits per heavy atom. The number of hydrogen-bond acceptors (Lipinski definition) is 0. The molecular formula is C17H26NP.